The summed E-state index contributed by atoms with van der Waals surface area (Å²) in [7, 11) is 0. The Morgan fingerprint density at radius 2 is 2.00 bits per heavy atom. The maximum atomic E-state index is 14.7. The van der Waals surface area contributed by atoms with Gasteiger partial charge in [0.15, 0.2) is 0 Å². The van der Waals surface area contributed by atoms with Crippen molar-refractivity contribution in [1.82, 2.24) is 19.9 Å². The molecule has 1 aliphatic carbocycles. The summed E-state index contributed by atoms with van der Waals surface area (Å²) in [5, 5.41) is 3.34. The van der Waals surface area contributed by atoms with E-state index in [1.54, 1.807) is 29.0 Å². The van der Waals surface area contributed by atoms with Crippen LogP contribution in [0.15, 0.2) is 59.8 Å². The van der Waals surface area contributed by atoms with Gasteiger partial charge in [0.05, 0.1) is 18.1 Å². The van der Waals surface area contributed by atoms with Crippen molar-refractivity contribution in [2.45, 2.75) is 58.2 Å². The summed E-state index contributed by atoms with van der Waals surface area (Å²) < 4.78 is 16.3. The SMILES string of the molecule is CCC(CC)n1cc(-c2cncc(C(=O)C=C(N)c3ccc(CNC4CC4)cc3F)n2)ccc1=O. The van der Waals surface area contributed by atoms with Crippen LogP contribution in [0.1, 0.15) is 67.2 Å². The second kappa shape index (κ2) is 10.7. The lowest BCUT2D eigenvalue weighted by Gasteiger charge is -2.17. The van der Waals surface area contributed by atoms with Gasteiger partial charge in [0.25, 0.3) is 5.56 Å². The van der Waals surface area contributed by atoms with Crippen molar-refractivity contribution >= 4 is 11.5 Å². The number of carbonyl (C=O) groups is 1. The molecule has 0 atom stereocenters. The molecule has 0 amide bonds. The van der Waals surface area contributed by atoms with Crippen molar-refractivity contribution in [3.8, 4) is 11.3 Å². The Morgan fingerprint density at radius 3 is 2.69 bits per heavy atom. The molecule has 0 spiro atoms. The molecule has 0 radical (unpaired) electrons. The summed E-state index contributed by atoms with van der Waals surface area (Å²) in [5.41, 5.74) is 8.20. The summed E-state index contributed by atoms with van der Waals surface area (Å²) in [6, 6.07) is 8.59. The van der Waals surface area contributed by atoms with Gasteiger partial charge in [0, 0.05) is 53.8 Å². The van der Waals surface area contributed by atoms with E-state index in [-0.39, 0.29) is 28.6 Å². The van der Waals surface area contributed by atoms with Crippen molar-refractivity contribution in [2.75, 3.05) is 0 Å². The molecular weight excluding hydrogens is 445 g/mol. The highest BCUT2D eigenvalue weighted by molar-refractivity contribution is 6.07. The minimum absolute atomic E-state index is 0.0173. The highest BCUT2D eigenvalue weighted by atomic mass is 19.1. The number of nitrogens with one attached hydrogen (secondary N) is 1. The molecule has 1 fully saturated rings. The van der Waals surface area contributed by atoms with Gasteiger partial charge in [-0.1, -0.05) is 19.9 Å². The molecule has 3 aromatic rings. The van der Waals surface area contributed by atoms with E-state index < -0.39 is 11.6 Å². The Balaban J connectivity index is 1.55. The van der Waals surface area contributed by atoms with Crippen molar-refractivity contribution < 1.29 is 9.18 Å². The Hall–Kier alpha value is -3.65. The summed E-state index contributed by atoms with van der Waals surface area (Å²) in [4.78, 5) is 33.7. The summed E-state index contributed by atoms with van der Waals surface area (Å²) in [5.74, 6) is -0.964. The number of aromatic nitrogens is 3. The average Bonchev–Trinajstić information content (AvgIpc) is 3.69. The number of carbonyl (C=O) groups excluding carboxylic acids is 1. The van der Waals surface area contributed by atoms with E-state index >= 15 is 0 Å². The van der Waals surface area contributed by atoms with Gasteiger partial charge in [0.2, 0.25) is 5.78 Å². The zero-order chi connectivity index (χ0) is 24.9. The van der Waals surface area contributed by atoms with Crippen LogP contribution < -0.4 is 16.6 Å². The zero-order valence-electron chi connectivity index (χ0n) is 20.0. The van der Waals surface area contributed by atoms with Crippen molar-refractivity contribution in [3.05, 3.63) is 88.0 Å². The molecule has 7 nitrogen and oxygen atoms in total. The lowest BCUT2D eigenvalue weighted by atomic mass is 10.1. The van der Waals surface area contributed by atoms with Gasteiger partial charge < -0.3 is 15.6 Å². The minimum atomic E-state index is -0.482. The molecule has 2 aromatic heterocycles. The molecule has 1 aliphatic rings. The Labute approximate surface area is 203 Å². The van der Waals surface area contributed by atoms with E-state index in [9.17, 15) is 14.0 Å². The van der Waals surface area contributed by atoms with Crippen molar-refractivity contribution in [2.24, 2.45) is 5.73 Å². The first-order valence-corrected chi connectivity index (χ1v) is 12.0. The van der Waals surface area contributed by atoms with Crippen LogP contribution in [0.4, 0.5) is 4.39 Å². The molecule has 182 valence electrons. The molecule has 8 heteroatoms. The fraction of sp³-hybridized carbons (Fsp3) is 0.333. The van der Waals surface area contributed by atoms with Crippen LogP contribution in [-0.4, -0.2) is 26.4 Å². The highest BCUT2D eigenvalue weighted by Crippen LogP contribution is 2.22. The summed E-state index contributed by atoms with van der Waals surface area (Å²) in [6.45, 7) is 4.66. The van der Waals surface area contributed by atoms with Crippen molar-refractivity contribution in [1.29, 1.82) is 0 Å². The lowest BCUT2D eigenvalue weighted by Crippen LogP contribution is -2.23. The number of nitrogens with zero attached hydrogens (tertiary/aromatic N) is 3. The predicted molar refractivity (Wildman–Crippen MR) is 134 cm³/mol. The molecule has 0 bridgehead atoms. The molecule has 1 aromatic carbocycles. The van der Waals surface area contributed by atoms with Gasteiger partial charge in [-0.3, -0.25) is 14.6 Å². The predicted octanol–water partition coefficient (Wildman–Crippen LogP) is 4.24. The second-order valence-electron chi connectivity index (χ2n) is 8.86. The first-order valence-electron chi connectivity index (χ1n) is 12.0. The molecule has 0 aliphatic heterocycles. The number of ketones is 1. The van der Waals surface area contributed by atoms with E-state index in [4.69, 9.17) is 5.73 Å². The molecule has 2 heterocycles. The smallest absolute Gasteiger partial charge is 0.250 e. The largest absolute Gasteiger partial charge is 0.398 e. The monoisotopic (exact) mass is 475 g/mol. The van der Waals surface area contributed by atoms with Crippen LogP contribution in [0, 0.1) is 5.82 Å². The van der Waals surface area contributed by atoms with E-state index in [1.807, 2.05) is 13.8 Å². The van der Waals surface area contributed by atoms with Gasteiger partial charge in [-0.15, -0.1) is 0 Å². The van der Waals surface area contributed by atoms with Gasteiger partial charge in [-0.25, -0.2) is 9.37 Å². The highest BCUT2D eigenvalue weighted by Gasteiger charge is 2.20. The fourth-order valence-electron chi connectivity index (χ4n) is 3.99. The third-order valence-electron chi connectivity index (χ3n) is 6.26. The van der Waals surface area contributed by atoms with Crippen LogP contribution in [0.25, 0.3) is 17.0 Å². The average molecular weight is 476 g/mol. The third-order valence-corrected chi connectivity index (χ3v) is 6.26. The molecular formula is C27H30FN5O2. The molecule has 1 saturated carbocycles. The fourth-order valence-corrected chi connectivity index (χ4v) is 3.99. The standard InChI is InChI=1S/C27H30FN5O2/c1-3-20(4-2)33-16-18(6-10-27(33)35)24-14-30-15-25(32-24)26(34)12-23(29)21-9-5-17(11-22(21)28)13-31-19-7-8-19/h5-6,9-12,14-16,19-20,31H,3-4,7-8,13,29H2,1-2H3. The number of nitrogens with two attached hydrogens (primary N) is 1. The minimum Gasteiger partial charge on any atom is -0.398 e. The van der Waals surface area contributed by atoms with Gasteiger partial charge in [0.1, 0.15) is 11.5 Å². The second-order valence-corrected chi connectivity index (χ2v) is 8.86. The molecule has 0 saturated heterocycles. The summed E-state index contributed by atoms with van der Waals surface area (Å²) in [6.07, 6.45) is 9.75. The zero-order valence-corrected chi connectivity index (χ0v) is 20.0. The van der Waals surface area contributed by atoms with Crippen LogP contribution in [0.3, 0.4) is 0 Å². The first kappa shape index (κ1) is 24.5. The van der Waals surface area contributed by atoms with Crippen LogP contribution >= 0.6 is 0 Å². The third kappa shape index (κ3) is 5.89. The van der Waals surface area contributed by atoms with Gasteiger partial charge in [-0.2, -0.15) is 0 Å². The van der Waals surface area contributed by atoms with E-state index in [0.717, 1.165) is 31.2 Å². The van der Waals surface area contributed by atoms with Crippen LogP contribution in [-0.2, 0) is 6.54 Å². The number of halogens is 1. The van der Waals surface area contributed by atoms with Crippen LogP contribution in [0.2, 0.25) is 0 Å². The Morgan fingerprint density at radius 1 is 1.23 bits per heavy atom. The first-order chi connectivity index (χ1) is 16.9. The Kier molecular flexibility index (Phi) is 7.51. The van der Waals surface area contributed by atoms with Crippen LogP contribution in [0.5, 0.6) is 0 Å². The topological polar surface area (TPSA) is 103 Å². The lowest BCUT2D eigenvalue weighted by molar-refractivity contribution is 0.104. The number of rotatable bonds is 10. The maximum Gasteiger partial charge on any atom is 0.250 e. The maximum absolute atomic E-state index is 14.7. The quantitative estimate of drug-likeness (QED) is 0.336. The van der Waals surface area contributed by atoms with Gasteiger partial charge in [-0.05, 0) is 49.4 Å². The number of hydrogen-bond acceptors (Lipinski definition) is 6. The molecule has 35 heavy (non-hydrogen) atoms. The Bertz CT molecular complexity index is 1310. The number of hydrogen-bond donors (Lipinski definition) is 2. The molecule has 3 N–H and O–H groups in total. The number of benzene rings is 1. The normalized spacial score (nSPS) is 13.9. The molecule has 4 rings (SSSR count). The number of allylic oxidation sites excluding steroid dienone is 1. The van der Waals surface area contributed by atoms with Crippen molar-refractivity contribution in [3.63, 3.8) is 0 Å². The van der Waals surface area contributed by atoms with Gasteiger partial charge >= 0.3 is 0 Å². The van der Waals surface area contributed by atoms with E-state index in [1.165, 1.54) is 30.6 Å². The number of pyridine rings is 1. The van der Waals surface area contributed by atoms with E-state index in [2.05, 4.69) is 15.3 Å². The molecule has 0 unspecified atom stereocenters. The van der Waals surface area contributed by atoms with E-state index in [0.29, 0.717) is 23.8 Å². The summed E-state index contributed by atoms with van der Waals surface area (Å²) >= 11 is 0.